The van der Waals surface area contributed by atoms with Crippen molar-refractivity contribution in [2.45, 2.75) is 25.4 Å². The van der Waals surface area contributed by atoms with Crippen molar-refractivity contribution in [3.8, 4) is 0 Å². The van der Waals surface area contributed by atoms with Crippen LogP contribution in [0.2, 0.25) is 0 Å². The van der Waals surface area contributed by atoms with Gasteiger partial charge < -0.3 is 19.7 Å². The molecule has 2 saturated heterocycles. The van der Waals surface area contributed by atoms with Gasteiger partial charge in [-0.15, -0.1) is 0 Å². The molecule has 2 aliphatic heterocycles. The number of nitrogens with zero attached hydrogens (tertiary/aromatic N) is 1. The van der Waals surface area contributed by atoms with Crippen LogP contribution >= 0.6 is 0 Å². The minimum Gasteiger partial charge on any atom is -0.381 e. The molecule has 0 radical (unpaired) electrons. The Labute approximate surface area is 148 Å². The predicted molar refractivity (Wildman–Crippen MR) is 93.0 cm³/mol. The van der Waals surface area contributed by atoms with E-state index in [1.54, 1.807) is 0 Å². The minimum absolute atomic E-state index is 0.0166. The van der Waals surface area contributed by atoms with Gasteiger partial charge in [0.15, 0.2) is 0 Å². The van der Waals surface area contributed by atoms with Crippen LogP contribution in [0, 0.1) is 5.92 Å². The van der Waals surface area contributed by atoms with E-state index in [0.29, 0.717) is 32.8 Å². The maximum Gasteiger partial charge on any atom is 0.248 e. The number of rotatable bonds is 6. The number of amides is 2. The molecule has 1 atom stereocenters. The van der Waals surface area contributed by atoms with Crippen LogP contribution in [0.4, 0.5) is 0 Å². The highest BCUT2D eigenvalue weighted by atomic mass is 16.5. The van der Waals surface area contributed by atoms with E-state index in [1.165, 1.54) is 5.56 Å². The second kappa shape index (κ2) is 8.97. The summed E-state index contributed by atoms with van der Waals surface area (Å²) in [7, 11) is 0. The molecule has 25 heavy (non-hydrogen) atoms. The van der Waals surface area contributed by atoms with Crippen LogP contribution in [0.3, 0.4) is 0 Å². The Bertz CT molecular complexity index is 572. The molecule has 0 spiro atoms. The lowest BCUT2D eigenvalue weighted by Gasteiger charge is -2.33. The van der Waals surface area contributed by atoms with Crippen LogP contribution < -0.4 is 5.32 Å². The molecule has 1 aromatic carbocycles. The summed E-state index contributed by atoms with van der Waals surface area (Å²) in [5.41, 5.74) is 1.21. The van der Waals surface area contributed by atoms with Gasteiger partial charge in [-0.2, -0.15) is 0 Å². The van der Waals surface area contributed by atoms with Gasteiger partial charge in [-0.05, 0) is 24.8 Å². The van der Waals surface area contributed by atoms with Crippen molar-refractivity contribution in [2.24, 2.45) is 5.92 Å². The molecule has 2 aliphatic rings. The zero-order valence-electron chi connectivity index (χ0n) is 14.5. The monoisotopic (exact) mass is 346 g/mol. The molecule has 0 aliphatic carbocycles. The van der Waals surface area contributed by atoms with E-state index in [9.17, 15) is 9.59 Å². The Morgan fingerprint density at radius 1 is 1.20 bits per heavy atom. The first-order valence-corrected chi connectivity index (χ1v) is 9.01. The van der Waals surface area contributed by atoms with Crippen LogP contribution in [0.5, 0.6) is 0 Å². The van der Waals surface area contributed by atoms with E-state index in [4.69, 9.17) is 9.47 Å². The predicted octanol–water partition coefficient (Wildman–Crippen LogP) is 0.999. The third kappa shape index (κ3) is 5.28. The SMILES string of the molecule is O=C(NCC1CN(CCc2ccccc2)C(=O)CO1)C1CCOCC1. The largest absolute Gasteiger partial charge is 0.381 e. The van der Waals surface area contributed by atoms with Crippen molar-refractivity contribution in [3.05, 3.63) is 35.9 Å². The molecular formula is C19H26N2O4. The average Bonchev–Trinajstić information content (AvgIpc) is 2.67. The molecule has 3 rings (SSSR count). The maximum atomic E-state index is 12.2. The van der Waals surface area contributed by atoms with Crippen LogP contribution in [0.25, 0.3) is 0 Å². The highest BCUT2D eigenvalue weighted by molar-refractivity contribution is 5.79. The summed E-state index contributed by atoms with van der Waals surface area (Å²) in [5.74, 6) is 0.121. The average molecular weight is 346 g/mol. The number of carbonyl (C=O) groups is 2. The summed E-state index contributed by atoms with van der Waals surface area (Å²) in [6.07, 6.45) is 2.24. The zero-order valence-corrected chi connectivity index (χ0v) is 14.5. The van der Waals surface area contributed by atoms with Crippen molar-refractivity contribution in [3.63, 3.8) is 0 Å². The quantitative estimate of drug-likeness (QED) is 0.834. The summed E-state index contributed by atoms with van der Waals surface area (Å²) in [6, 6.07) is 10.1. The number of hydrogen-bond donors (Lipinski definition) is 1. The molecule has 6 heteroatoms. The Morgan fingerprint density at radius 3 is 2.72 bits per heavy atom. The number of benzene rings is 1. The van der Waals surface area contributed by atoms with E-state index in [0.717, 1.165) is 19.3 Å². The molecule has 1 unspecified atom stereocenters. The first kappa shape index (κ1) is 17.9. The van der Waals surface area contributed by atoms with E-state index >= 15 is 0 Å². The third-order valence-corrected chi connectivity index (χ3v) is 4.83. The summed E-state index contributed by atoms with van der Waals surface area (Å²) >= 11 is 0. The van der Waals surface area contributed by atoms with Gasteiger partial charge in [0.1, 0.15) is 6.61 Å². The van der Waals surface area contributed by atoms with Gasteiger partial charge in [-0.3, -0.25) is 9.59 Å². The van der Waals surface area contributed by atoms with Crippen molar-refractivity contribution in [1.82, 2.24) is 10.2 Å². The lowest BCUT2D eigenvalue weighted by atomic mass is 9.99. The second-order valence-electron chi connectivity index (χ2n) is 6.64. The van der Waals surface area contributed by atoms with Crippen molar-refractivity contribution >= 4 is 11.8 Å². The van der Waals surface area contributed by atoms with E-state index in [2.05, 4.69) is 17.4 Å². The standard InChI is InChI=1S/C19H26N2O4/c22-18-14-25-17(12-20-19(23)16-7-10-24-11-8-16)13-21(18)9-6-15-4-2-1-3-5-15/h1-5,16-17H,6-14H2,(H,20,23). The molecule has 6 nitrogen and oxygen atoms in total. The smallest absolute Gasteiger partial charge is 0.248 e. The zero-order chi connectivity index (χ0) is 17.5. The highest BCUT2D eigenvalue weighted by Crippen LogP contribution is 2.15. The fourth-order valence-electron chi connectivity index (χ4n) is 3.25. The van der Waals surface area contributed by atoms with Gasteiger partial charge in [-0.1, -0.05) is 30.3 Å². The molecular weight excluding hydrogens is 320 g/mol. The Balaban J connectivity index is 1.43. The van der Waals surface area contributed by atoms with Crippen LogP contribution in [0.1, 0.15) is 18.4 Å². The van der Waals surface area contributed by atoms with E-state index in [1.807, 2.05) is 23.1 Å². The number of hydrogen-bond acceptors (Lipinski definition) is 4. The highest BCUT2D eigenvalue weighted by Gasteiger charge is 2.27. The number of carbonyl (C=O) groups excluding carboxylic acids is 2. The Morgan fingerprint density at radius 2 is 1.96 bits per heavy atom. The maximum absolute atomic E-state index is 12.2. The molecule has 2 heterocycles. The van der Waals surface area contributed by atoms with Gasteiger partial charge in [0.25, 0.3) is 0 Å². The van der Waals surface area contributed by atoms with Gasteiger partial charge >= 0.3 is 0 Å². The molecule has 0 bridgehead atoms. The van der Waals surface area contributed by atoms with Gasteiger partial charge in [0.05, 0.1) is 6.10 Å². The Hall–Kier alpha value is -1.92. The molecule has 1 N–H and O–H groups in total. The number of ether oxygens (including phenoxy) is 2. The lowest BCUT2D eigenvalue weighted by molar-refractivity contribution is -0.148. The topological polar surface area (TPSA) is 67.9 Å². The molecule has 1 aromatic rings. The molecule has 0 saturated carbocycles. The Kier molecular flexibility index (Phi) is 6.42. The molecule has 2 amide bonds. The third-order valence-electron chi connectivity index (χ3n) is 4.83. The van der Waals surface area contributed by atoms with Crippen molar-refractivity contribution in [1.29, 1.82) is 0 Å². The molecule has 0 aromatic heterocycles. The van der Waals surface area contributed by atoms with Gasteiger partial charge in [-0.25, -0.2) is 0 Å². The normalized spacial score (nSPS) is 22.0. The first-order chi connectivity index (χ1) is 12.2. The summed E-state index contributed by atoms with van der Waals surface area (Å²) < 4.78 is 10.9. The van der Waals surface area contributed by atoms with E-state index < -0.39 is 0 Å². The van der Waals surface area contributed by atoms with Gasteiger partial charge in [0, 0.05) is 38.8 Å². The summed E-state index contributed by atoms with van der Waals surface area (Å²) in [6.45, 7) is 3.05. The van der Waals surface area contributed by atoms with Gasteiger partial charge in [0.2, 0.25) is 11.8 Å². The van der Waals surface area contributed by atoms with Crippen LogP contribution in [-0.2, 0) is 25.5 Å². The summed E-state index contributed by atoms with van der Waals surface area (Å²) in [4.78, 5) is 26.1. The first-order valence-electron chi connectivity index (χ1n) is 9.01. The number of nitrogens with one attached hydrogen (secondary N) is 1. The van der Waals surface area contributed by atoms with Crippen molar-refractivity contribution < 1.29 is 19.1 Å². The van der Waals surface area contributed by atoms with Crippen LogP contribution in [-0.4, -0.2) is 62.3 Å². The molecule has 2 fully saturated rings. The molecule has 136 valence electrons. The minimum atomic E-state index is -0.141. The fraction of sp³-hybridized carbons (Fsp3) is 0.579. The summed E-state index contributed by atoms with van der Waals surface area (Å²) in [5, 5.41) is 2.97. The number of morpholine rings is 1. The lowest BCUT2D eigenvalue weighted by Crippen LogP contribution is -2.51. The van der Waals surface area contributed by atoms with Crippen LogP contribution in [0.15, 0.2) is 30.3 Å². The second-order valence-corrected chi connectivity index (χ2v) is 6.64. The fourth-order valence-corrected chi connectivity index (χ4v) is 3.25. The van der Waals surface area contributed by atoms with Crippen molar-refractivity contribution in [2.75, 3.05) is 39.5 Å². The van der Waals surface area contributed by atoms with E-state index in [-0.39, 0.29) is 30.4 Å².